The normalized spacial score (nSPS) is 13.6. The molecule has 0 aliphatic heterocycles. The van der Waals surface area contributed by atoms with E-state index in [0.29, 0.717) is 10.2 Å². The van der Waals surface area contributed by atoms with Crippen LogP contribution in [0.1, 0.15) is 25.2 Å². The maximum atomic E-state index is 12.4. The summed E-state index contributed by atoms with van der Waals surface area (Å²) in [7, 11) is -3.32. The molecule has 0 saturated carbocycles. The fourth-order valence-corrected chi connectivity index (χ4v) is 3.37. The van der Waals surface area contributed by atoms with Crippen LogP contribution in [0.4, 0.5) is 0 Å². The van der Waals surface area contributed by atoms with Crippen LogP contribution in [0.2, 0.25) is 0 Å². The molecule has 0 amide bonds. The van der Waals surface area contributed by atoms with Crippen molar-refractivity contribution in [1.82, 2.24) is 4.98 Å². The fraction of sp³-hybridized carbons (Fsp3) is 0.500. The molecule has 5 nitrogen and oxygen atoms in total. The number of hydrogen-bond donors (Lipinski definition) is 1. The topological polar surface area (TPSA) is 74.4 Å². The molecule has 1 rings (SSSR count). The zero-order chi connectivity index (χ0) is 12.9. The molecule has 1 heterocycles. The van der Waals surface area contributed by atoms with E-state index in [0.717, 1.165) is 0 Å². The maximum absolute atomic E-state index is 12.4. The molecule has 7 heteroatoms. The van der Waals surface area contributed by atoms with Crippen LogP contribution < -0.4 is 5.73 Å². The minimum absolute atomic E-state index is 0.289. The predicted molar refractivity (Wildman–Crippen MR) is 69.7 cm³/mol. The lowest BCUT2D eigenvalue weighted by Crippen LogP contribution is -2.15. The van der Waals surface area contributed by atoms with E-state index < -0.39 is 13.4 Å². The molecule has 1 atom stereocenters. The molecule has 0 aromatic carbocycles. The summed E-state index contributed by atoms with van der Waals surface area (Å²) in [5, 5.41) is 0. The second-order valence-corrected chi connectivity index (χ2v) is 6.20. The summed E-state index contributed by atoms with van der Waals surface area (Å²) in [6, 6.07) is 3.40. The second kappa shape index (κ2) is 6.61. The van der Waals surface area contributed by atoms with Gasteiger partial charge in [0.15, 0.2) is 0 Å². The number of hydrogen-bond acceptors (Lipinski definition) is 5. The van der Waals surface area contributed by atoms with Gasteiger partial charge < -0.3 is 14.8 Å². The number of aromatic nitrogens is 1. The van der Waals surface area contributed by atoms with Gasteiger partial charge >= 0.3 is 7.60 Å². The van der Waals surface area contributed by atoms with Crippen molar-refractivity contribution in [2.24, 2.45) is 5.73 Å². The first-order valence-corrected chi connectivity index (χ1v) is 7.69. The molecular formula is C10H16BrN2O3P. The van der Waals surface area contributed by atoms with Crippen molar-refractivity contribution in [2.45, 2.75) is 19.6 Å². The van der Waals surface area contributed by atoms with E-state index in [1.807, 2.05) is 0 Å². The molecular weight excluding hydrogens is 307 g/mol. The van der Waals surface area contributed by atoms with Gasteiger partial charge in [-0.3, -0.25) is 4.57 Å². The van der Waals surface area contributed by atoms with Gasteiger partial charge in [0.1, 0.15) is 10.4 Å². The van der Waals surface area contributed by atoms with Crippen LogP contribution in [-0.4, -0.2) is 18.2 Å². The van der Waals surface area contributed by atoms with E-state index in [1.54, 1.807) is 32.2 Å². The van der Waals surface area contributed by atoms with Gasteiger partial charge in [-0.05, 0) is 47.5 Å². The van der Waals surface area contributed by atoms with Crippen LogP contribution in [0.15, 0.2) is 22.9 Å². The average molecular weight is 323 g/mol. The zero-order valence-corrected chi connectivity index (χ0v) is 12.3. The van der Waals surface area contributed by atoms with E-state index in [1.165, 1.54) is 0 Å². The maximum Gasteiger partial charge on any atom is 0.351 e. The van der Waals surface area contributed by atoms with Gasteiger partial charge in [-0.1, -0.05) is 0 Å². The Morgan fingerprint density at radius 3 is 2.53 bits per heavy atom. The summed E-state index contributed by atoms with van der Waals surface area (Å²) in [6.45, 7) is 4.08. The van der Waals surface area contributed by atoms with Crippen molar-refractivity contribution in [3.05, 3.63) is 28.5 Å². The third-order valence-electron chi connectivity index (χ3n) is 2.05. The highest BCUT2D eigenvalue weighted by Gasteiger charge is 2.33. The van der Waals surface area contributed by atoms with Gasteiger partial charge in [-0.25, -0.2) is 4.98 Å². The number of nitrogens with zero attached hydrogens (tertiary/aromatic N) is 1. The highest BCUT2D eigenvalue weighted by molar-refractivity contribution is 9.10. The van der Waals surface area contributed by atoms with Crippen LogP contribution in [-0.2, 0) is 13.6 Å². The molecule has 1 aromatic rings. The molecule has 17 heavy (non-hydrogen) atoms. The third-order valence-corrected chi connectivity index (χ3v) is 4.70. The third kappa shape index (κ3) is 3.86. The van der Waals surface area contributed by atoms with Crippen molar-refractivity contribution in [1.29, 1.82) is 0 Å². The zero-order valence-electron chi connectivity index (χ0n) is 9.80. The van der Waals surface area contributed by atoms with Gasteiger partial charge in [0.25, 0.3) is 0 Å². The van der Waals surface area contributed by atoms with E-state index >= 15 is 0 Å². The van der Waals surface area contributed by atoms with E-state index in [9.17, 15) is 4.57 Å². The van der Waals surface area contributed by atoms with Crippen molar-refractivity contribution in [3.63, 3.8) is 0 Å². The summed E-state index contributed by atoms with van der Waals surface area (Å²) < 4.78 is 23.4. The molecule has 0 aliphatic rings. The number of nitrogens with two attached hydrogens (primary N) is 1. The van der Waals surface area contributed by atoms with Crippen molar-refractivity contribution >= 4 is 23.5 Å². The number of pyridine rings is 1. The molecule has 0 bridgehead atoms. The molecule has 0 unspecified atom stereocenters. The van der Waals surface area contributed by atoms with Gasteiger partial charge in [0.05, 0.1) is 13.2 Å². The van der Waals surface area contributed by atoms with E-state index in [-0.39, 0.29) is 13.2 Å². The van der Waals surface area contributed by atoms with Crippen molar-refractivity contribution < 1.29 is 13.6 Å². The summed E-state index contributed by atoms with van der Waals surface area (Å²) in [5.41, 5.74) is 6.62. The quantitative estimate of drug-likeness (QED) is 0.643. The van der Waals surface area contributed by atoms with Crippen molar-refractivity contribution in [2.75, 3.05) is 13.2 Å². The van der Waals surface area contributed by atoms with E-state index in [2.05, 4.69) is 20.9 Å². The number of rotatable bonds is 6. The lowest BCUT2D eigenvalue weighted by Gasteiger charge is -2.23. The monoisotopic (exact) mass is 322 g/mol. The first-order chi connectivity index (χ1) is 8.03. The molecule has 2 N–H and O–H groups in total. The smallest absolute Gasteiger partial charge is 0.314 e. The summed E-state index contributed by atoms with van der Waals surface area (Å²) in [5.74, 6) is -0.804. The lowest BCUT2D eigenvalue weighted by molar-refractivity contribution is 0.212. The standard InChI is InChI=1S/C10H16BrN2O3P/c1-3-15-17(14,16-4-2)10(12)8-5-6-13-9(11)7-8/h5-7,10H,3-4,12H2,1-2H3/t10-/m1/s1. The lowest BCUT2D eigenvalue weighted by atomic mass is 10.3. The SMILES string of the molecule is CCOP(=O)(OCC)[C@@H](N)c1ccnc(Br)c1. The molecule has 0 spiro atoms. The van der Waals surface area contributed by atoms with Crippen LogP contribution >= 0.6 is 23.5 Å². The second-order valence-electron chi connectivity index (χ2n) is 3.23. The average Bonchev–Trinajstić information content (AvgIpc) is 2.28. The minimum atomic E-state index is -3.32. The van der Waals surface area contributed by atoms with Crippen LogP contribution in [0.5, 0.6) is 0 Å². The molecule has 0 radical (unpaired) electrons. The Bertz CT molecular complexity index is 406. The van der Waals surface area contributed by atoms with Gasteiger partial charge in [0.2, 0.25) is 0 Å². The summed E-state index contributed by atoms with van der Waals surface area (Å²) >= 11 is 3.24. The molecule has 1 aromatic heterocycles. The summed E-state index contributed by atoms with van der Waals surface area (Å²) in [4.78, 5) is 3.99. The Morgan fingerprint density at radius 2 is 2.06 bits per heavy atom. The minimum Gasteiger partial charge on any atom is -0.314 e. The largest absolute Gasteiger partial charge is 0.351 e. The Balaban J connectivity index is 2.99. The first kappa shape index (κ1) is 14.8. The fourth-order valence-electron chi connectivity index (χ4n) is 1.34. The Labute approximate surface area is 109 Å². The first-order valence-electron chi connectivity index (χ1n) is 5.29. The van der Waals surface area contributed by atoms with Gasteiger partial charge in [-0.15, -0.1) is 0 Å². The van der Waals surface area contributed by atoms with Crippen LogP contribution in [0, 0.1) is 0 Å². The highest BCUT2D eigenvalue weighted by atomic mass is 79.9. The molecule has 0 fully saturated rings. The highest BCUT2D eigenvalue weighted by Crippen LogP contribution is 2.58. The molecule has 96 valence electrons. The number of halogens is 1. The Morgan fingerprint density at radius 1 is 1.47 bits per heavy atom. The van der Waals surface area contributed by atoms with Crippen LogP contribution in [0.3, 0.4) is 0 Å². The van der Waals surface area contributed by atoms with E-state index in [4.69, 9.17) is 14.8 Å². The molecule has 0 saturated heterocycles. The summed E-state index contributed by atoms with van der Waals surface area (Å²) in [6.07, 6.45) is 1.58. The molecule has 0 aliphatic carbocycles. The Kier molecular flexibility index (Phi) is 5.76. The Hall–Kier alpha value is -0.260. The van der Waals surface area contributed by atoms with Crippen LogP contribution in [0.25, 0.3) is 0 Å². The predicted octanol–water partition coefficient (Wildman–Crippen LogP) is 3.07. The van der Waals surface area contributed by atoms with Gasteiger partial charge in [0, 0.05) is 6.20 Å². The van der Waals surface area contributed by atoms with Crippen molar-refractivity contribution in [3.8, 4) is 0 Å². The van der Waals surface area contributed by atoms with Gasteiger partial charge in [-0.2, -0.15) is 0 Å².